The van der Waals surface area contributed by atoms with Crippen molar-refractivity contribution < 1.29 is 14.1 Å². The second kappa shape index (κ2) is 5.07. The Morgan fingerprint density at radius 1 is 1.35 bits per heavy atom. The lowest BCUT2D eigenvalue weighted by Gasteiger charge is -2.32. The summed E-state index contributed by atoms with van der Waals surface area (Å²) in [7, 11) is -0.447. The van der Waals surface area contributed by atoms with Crippen LogP contribution in [0.3, 0.4) is 0 Å². The lowest BCUT2D eigenvalue weighted by molar-refractivity contribution is -0.116. The van der Waals surface area contributed by atoms with Gasteiger partial charge in [0.1, 0.15) is 5.82 Å². The Labute approximate surface area is 119 Å². The Balaban J connectivity index is 2.14. The lowest BCUT2D eigenvalue weighted by atomic mass is 9.80. The van der Waals surface area contributed by atoms with Gasteiger partial charge in [0.25, 0.3) is 0 Å². The first-order chi connectivity index (χ1) is 9.21. The molecule has 1 amide bonds. The SMILES string of the molecule is CC1(C)OB(c2ccnc(NCC(N)=O)c2)OC1(C)C. The number of nitrogens with one attached hydrogen (secondary N) is 1. The molecule has 0 atom stereocenters. The highest BCUT2D eigenvalue weighted by molar-refractivity contribution is 6.62. The average Bonchev–Trinajstić information content (AvgIpc) is 2.56. The zero-order chi connectivity index (χ0) is 15.0. The van der Waals surface area contributed by atoms with Gasteiger partial charge in [-0.2, -0.15) is 0 Å². The van der Waals surface area contributed by atoms with Crippen LogP contribution >= 0.6 is 0 Å². The number of primary amides is 1. The predicted molar refractivity (Wildman–Crippen MR) is 77.6 cm³/mol. The molecular weight excluding hydrogens is 257 g/mol. The normalized spacial score (nSPS) is 19.9. The van der Waals surface area contributed by atoms with E-state index in [0.29, 0.717) is 5.82 Å². The maximum atomic E-state index is 10.8. The zero-order valence-corrected chi connectivity index (χ0v) is 12.3. The number of aromatic nitrogens is 1. The summed E-state index contributed by atoms with van der Waals surface area (Å²) in [4.78, 5) is 14.9. The van der Waals surface area contributed by atoms with E-state index in [9.17, 15) is 4.79 Å². The summed E-state index contributed by atoms with van der Waals surface area (Å²) < 4.78 is 11.9. The molecule has 6 nitrogen and oxygen atoms in total. The van der Waals surface area contributed by atoms with Crippen LogP contribution in [0, 0.1) is 0 Å². The minimum atomic E-state index is -0.447. The number of rotatable bonds is 4. The maximum Gasteiger partial charge on any atom is 0.495 e. The van der Waals surface area contributed by atoms with E-state index in [2.05, 4.69) is 10.3 Å². The molecule has 1 saturated heterocycles. The van der Waals surface area contributed by atoms with Crippen molar-refractivity contribution in [1.29, 1.82) is 0 Å². The first kappa shape index (κ1) is 14.8. The Morgan fingerprint density at radius 2 is 1.95 bits per heavy atom. The van der Waals surface area contributed by atoms with E-state index in [1.807, 2.05) is 33.8 Å². The Hall–Kier alpha value is -1.60. The van der Waals surface area contributed by atoms with E-state index in [1.54, 1.807) is 12.3 Å². The number of hydrogen-bond acceptors (Lipinski definition) is 5. The first-order valence-electron chi connectivity index (χ1n) is 6.55. The molecular formula is C13H20BN3O3. The lowest BCUT2D eigenvalue weighted by Crippen LogP contribution is -2.41. The Morgan fingerprint density at radius 3 is 2.50 bits per heavy atom. The Bertz CT molecular complexity index is 503. The number of anilines is 1. The highest BCUT2D eigenvalue weighted by atomic mass is 16.7. The van der Waals surface area contributed by atoms with Gasteiger partial charge in [-0.25, -0.2) is 4.98 Å². The molecule has 1 aliphatic heterocycles. The van der Waals surface area contributed by atoms with Crippen LogP contribution in [0.15, 0.2) is 18.3 Å². The third kappa shape index (κ3) is 2.94. The molecule has 1 aromatic rings. The monoisotopic (exact) mass is 277 g/mol. The number of amides is 1. The predicted octanol–water partition coefficient (Wildman–Crippen LogP) is 0.278. The minimum Gasteiger partial charge on any atom is -0.399 e. The molecule has 7 heteroatoms. The molecule has 20 heavy (non-hydrogen) atoms. The number of pyridine rings is 1. The van der Waals surface area contributed by atoms with E-state index < -0.39 is 13.0 Å². The average molecular weight is 277 g/mol. The molecule has 108 valence electrons. The van der Waals surface area contributed by atoms with Gasteiger partial charge in [0.05, 0.1) is 17.7 Å². The molecule has 2 heterocycles. The number of hydrogen-bond donors (Lipinski definition) is 2. The first-order valence-corrected chi connectivity index (χ1v) is 6.55. The maximum absolute atomic E-state index is 10.8. The molecule has 1 aromatic heterocycles. The van der Waals surface area contributed by atoms with E-state index >= 15 is 0 Å². The summed E-state index contributed by atoms with van der Waals surface area (Å²) in [5, 5.41) is 2.85. The molecule has 0 radical (unpaired) electrons. The van der Waals surface area contributed by atoms with Crippen molar-refractivity contribution in [2.45, 2.75) is 38.9 Å². The summed E-state index contributed by atoms with van der Waals surface area (Å²) in [6.07, 6.45) is 1.64. The Kier molecular flexibility index (Phi) is 3.75. The zero-order valence-electron chi connectivity index (χ0n) is 12.3. The highest BCUT2D eigenvalue weighted by Crippen LogP contribution is 2.36. The van der Waals surface area contributed by atoms with E-state index in [4.69, 9.17) is 15.0 Å². The largest absolute Gasteiger partial charge is 0.495 e. The standard InChI is InChI=1S/C13H20BN3O3/c1-12(2)13(3,4)20-14(19-12)9-5-6-16-11(7-9)17-8-10(15)18/h5-7H,8H2,1-4H3,(H2,15,18)(H,16,17). The number of nitrogens with two attached hydrogens (primary N) is 1. The molecule has 0 aliphatic carbocycles. The summed E-state index contributed by atoms with van der Waals surface area (Å²) in [6.45, 7) is 8.04. The number of nitrogens with zero attached hydrogens (tertiary/aromatic N) is 1. The van der Waals surface area contributed by atoms with E-state index in [-0.39, 0.29) is 17.7 Å². The fourth-order valence-corrected chi connectivity index (χ4v) is 1.85. The number of carbonyl (C=O) groups is 1. The summed E-state index contributed by atoms with van der Waals surface area (Å²) in [5.41, 5.74) is 5.17. The third-order valence-corrected chi connectivity index (χ3v) is 3.75. The van der Waals surface area contributed by atoms with Crippen LogP contribution in [-0.4, -0.2) is 35.8 Å². The van der Waals surface area contributed by atoms with Crippen molar-refractivity contribution in [3.8, 4) is 0 Å². The minimum absolute atomic E-state index is 0.0415. The highest BCUT2D eigenvalue weighted by Gasteiger charge is 2.51. The van der Waals surface area contributed by atoms with Crippen molar-refractivity contribution >= 4 is 24.3 Å². The molecule has 0 unspecified atom stereocenters. The van der Waals surface area contributed by atoms with Crippen molar-refractivity contribution in [1.82, 2.24) is 4.98 Å². The van der Waals surface area contributed by atoms with Gasteiger partial charge in [-0.1, -0.05) is 0 Å². The second-order valence-electron chi connectivity index (χ2n) is 5.88. The molecule has 0 bridgehead atoms. The second-order valence-corrected chi connectivity index (χ2v) is 5.88. The summed E-state index contributed by atoms with van der Waals surface area (Å²) in [5.74, 6) is 0.129. The van der Waals surface area contributed by atoms with Gasteiger partial charge in [-0.3, -0.25) is 4.79 Å². The van der Waals surface area contributed by atoms with Gasteiger partial charge in [0, 0.05) is 6.20 Å². The third-order valence-electron chi connectivity index (χ3n) is 3.75. The van der Waals surface area contributed by atoms with Crippen LogP contribution in [0.25, 0.3) is 0 Å². The van der Waals surface area contributed by atoms with Crippen LogP contribution in [0.2, 0.25) is 0 Å². The molecule has 1 aliphatic rings. The fourth-order valence-electron chi connectivity index (χ4n) is 1.85. The summed E-state index contributed by atoms with van der Waals surface area (Å²) >= 11 is 0. The van der Waals surface area contributed by atoms with Gasteiger partial charge in [-0.05, 0) is 45.3 Å². The molecule has 0 spiro atoms. The quantitative estimate of drug-likeness (QED) is 0.772. The van der Waals surface area contributed by atoms with Gasteiger partial charge >= 0.3 is 7.12 Å². The van der Waals surface area contributed by atoms with Gasteiger partial charge in [0.15, 0.2) is 0 Å². The van der Waals surface area contributed by atoms with Crippen molar-refractivity contribution in [3.05, 3.63) is 18.3 Å². The van der Waals surface area contributed by atoms with Crippen molar-refractivity contribution in [2.75, 3.05) is 11.9 Å². The van der Waals surface area contributed by atoms with E-state index in [1.165, 1.54) is 0 Å². The van der Waals surface area contributed by atoms with Crippen LogP contribution in [-0.2, 0) is 14.1 Å². The number of carbonyl (C=O) groups excluding carboxylic acids is 1. The van der Waals surface area contributed by atoms with Crippen molar-refractivity contribution in [2.24, 2.45) is 5.73 Å². The molecule has 0 aromatic carbocycles. The topological polar surface area (TPSA) is 86.5 Å². The van der Waals surface area contributed by atoms with Crippen LogP contribution in [0.4, 0.5) is 5.82 Å². The fraction of sp³-hybridized carbons (Fsp3) is 0.538. The molecule has 2 rings (SSSR count). The van der Waals surface area contributed by atoms with Crippen molar-refractivity contribution in [3.63, 3.8) is 0 Å². The van der Waals surface area contributed by atoms with Gasteiger partial charge in [0.2, 0.25) is 5.91 Å². The molecule has 3 N–H and O–H groups in total. The van der Waals surface area contributed by atoms with Crippen LogP contribution in [0.1, 0.15) is 27.7 Å². The van der Waals surface area contributed by atoms with E-state index in [0.717, 1.165) is 5.46 Å². The van der Waals surface area contributed by atoms with Gasteiger partial charge < -0.3 is 20.4 Å². The summed E-state index contributed by atoms with van der Waals surface area (Å²) in [6, 6.07) is 3.63. The molecule has 0 saturated carbocycles. The smallest absolute Gasteiger partial charge is 0.399 e. The van der Waals surface area contributed by atoms with Gasteiger partial charge in [-0.15, -0.1) is 0 Å². The van der Waals surface area contributed by atoms with Crippen LogP contribution < -0.4 is 16.5 Å². The molecule has 1 fully saturated rings. The van der Waals surface area contributed by atoms with Crippen LogP contribution in [0.5, 0.6) is 0 Å².